The van der Waals surface area contributed by atoms with Crippen molar-refractivity contribution < 1.29 is 9.31 Å². The molecule has 3 rings (SSSR count). The maximum Gasteiger partial charge on any atom is 0.293 e. The average Bonchev–Trinajstić information content (AvgIpc) is 2.84. The standard InChI is InChI=1S/C15H12FIN2O2/c16-12-7-14(15(19(20)21)8-13(12)17)18-11-5-9-3-1-2-4-10(9)6-11/h1-4,7-8,11,18H,5-6H2. The van der Waals surface area contributed by atoms with Crippen LogP contribution in [0.2, 0.25) is 0 Å². The van der Waals surface area contributed by atoms with Crippen LogP contribution in [0.25, 0.3) is 0 Å². The molecule has 0 atom stereocenters. The fourth-order valence-electron chi connectivity index (χ4n) is 2.68. The average molecular weight is 398 g/mol. The largest absolute Gasteiger partial charge is 0.376 e. The molecule has 1 N–H and O–H groups in total. The lowest BCUT2D eigenvalue weighted by molar-refractivity contribution is -0.384. The molecule has 2 aromatic rings. The van der Waals surface area contributed by atoms with Gasteiger partial charge in [-0.2, -0.15) is 0 Å². The van der Waals surface area contributed by atoms with Gasteiger partial charge in [-0.3, -0.25) is 10.1 Å². The predicted molar refractivity (Wildman–Crippen MR) is 87.0 cm³/mol. The van der Waals surface area contributed by atoms with Gasteiger partial charge in [0.1, 0.15) is 11.5 Å². The van der Waals surface area contributed by atoms with Crippen LogP contribution in [0.4, 0.5) is 15.8 Å². The molecule has 0 heterocycles. The molecule has 0 aromatic heterocycles. The summed E-state index contributed by atoms with van der Waals surface area (Å²) in [6.45, 7) is 0. The predicted octanol–water partition coefficient (Wildman–Crippen LogP) is 3.92. The number of nitrogens with one attached hydrogen (secondary N) is 1. The molecule has 6 heteroatoms. The van der Waals surface area contributed by atoms with Gasteiger partial charge in [0.05, 0.1) is 8.49 Å². The van der Waals surface area contributed by atoms with Crippen molar-refractivity contribution in [2.24, 2.45) is 0 Å². The van der Waals surface area contributed by atoms with Crippen molar-refractivity contribution in [1.82, 2.24) is 0 Å². The van der Waals surface area contributed by atoms with E-state index in [1.165, 1.54) is 23.3 Å². The van der Waals surface area contributed by atoms with Crippen molar-refractivity contribution in [3.05, 3.63) is 67.0 Å². The summed E-state index contributed by atoms with van der Waals surface area (Å²) in [7, 11) is 0. The Balaban J connectivity index is 1.86. The Bertz CT molecular complexity index is 696. The number of hydrogen-bond donors (Lipinski definition) is 1. The third kappa shape index (κ3) is 2.85. The Hall–Kier alpha value is -1.70. The second-order valence-electron chi connectivity index (χ2n) is 5.06. The molecule has 0 saturated carbocycles. The van der Waals surface area contributed by atoms with Gasteiger partial charge >= 0.3 is 0 Å². The van der Waals surface area contributed by atoms with Crippen molar-refractivity contribution in [2.75, 3.05) is 5.32 Å². The molecule has 0 saturated heterocycles. The van der Waals surface area contributed by atoms with Gasteiger partial charge in [0.15, 0.2) is 0 Å². The first kappa shape index (κ1) is 14.2. The maximum absolute atomic E-state index is 13.7. The number of rotatable bonds is 3. The second kappa shape index (κ2) is 5.59. The van der Waals surface area contributed by atoms with E-state index < -0.39 is 10.7 Å². The van der Waals surface area contributed by atoms with Gasteiger partial charge in [0, 0.05) is 18.2 Å². The minimum absolute atomic E-state index is 0.0561. The van der Waals surface area contributed by atoms with Gasteiger partial charge in [-0.25, -0.2) is 4.39 Å². The van der Waals surface area contributed by atoms with E-state index in [0.29, 0.717) is 0 Å². The highest BCUT2D eigenvalue weighted by Gasteiger charge is 2.24. The van der Waals surface area contributed by atoms with Crippen molar-refractivity contribution >= 4 is 34.0 Å². The molecule has 0 amide bonds. The third-order valence-electron chi connectivity index (χ3n) is 3.65. The van der Waals surface area contributed by atoms with E-state index >= 15 is 0 Å². The first-order chi connectivity index (χ1) is 10.0. The quantitative estimate of drug-likeness (QED) is 0.485. The van der Waals surface area contributed by atoms with Crippen molar-refractivity contribution in [3.63, 3.8) is 0 Å². The summed E-state index contributed by atoms with van der Waals surface area (Å²) in [4.78, 5) is 10.6. The summed E-state index contributed by atoms with van der Waals surface area (Å²) in [5.41, 5.74) is 2.64. The number of hydrogen-bond acceptors (Lipinski definition) is 3. The number of nitro benzene ring substituents is 1. The smallest absolute Gasteiger partial charge is 0.293 e. The SMILES string of the molecule is O=[N+]([O-])c1cc(I)c(F)cc1NC1Cc2ccccc2C1. The van der Waals surface area contributed by atoms with Gasteiger partial charge in [-0.1, -0.05) is 24.3 Å². The molecule has 0 fully saturated rings. The molecule has 1 aliphatic rings. The van der Waals surface area contributed by atoms with Crippen LogP contribution in [0.3, 0.4) is 0 Å². The Morgan fingerprint density at radius 2 is 1.86 bits per heavy atom. The summed E-state index contributed by atoms with van der Waals surface area (Å²) in [5, 5.41) is 14.2. The number of halogens is 2. The van der Waals surface area contributed by atoms with Crippen molar-refractivity contribution in [3.8, 4) is 0 Å². The second-order valence-corrected chi connectivity index (χ2v) is 6.22. The monoisotopic (exact) mass is 398 g/mol. The highest BCUT2D eigenvalue weighted by atomic mass is 127. The Morgan fingerprint density at radius 3 is 2.43 bits per heavy atom. The Labute approximate surface area is 134 Å². The van der Waals surface area contributed by atoms with Crippen LogP contribution in [-0.4, -0.2) is 11.0 Å². The molecule has 2 aromatic carbocycles. The van der Waals surface area contributed by atoms with E-state index in [1.807, 2.05) is 12.1 Å². The van der Waals surface area contributed by atoms with Crippen LogP contribution in [0.5, 0.6) is 0 Å². The van der Waals surface area contributed by atoms with Crippen LogP contribution < -0.4 is 5.32 Å². The van der Waals surface area contributed by atoms with Gasteiger partial charge < -0.3 is 5.32 Å². The zero-order valence-electron chi connectivity index (χ0n) is 11.0. The molecule has 21 heavy (non-hydrogen) atoms. The fraction of sp³-hybridized carbons (Fsp3) is 0.200. The lowest BCUT2D eigenvalue weighted by Gasteiger charge is -2.14. The van der Waals surface area contributed by atoms with Crippen LogP contribution in [0.1, 0.15) is 11.1 Å². The summed E-state index contributed by atoms with van der Waals surface area (Å²) < 4.78 is 13.9. The molecule has 1 aliphatic carbocycles. The summed E-state index contributed by atoms with van der Waals surface area (Å²) in [6.07, 6.45) is 1.59. The number of anilines is 1. The zero-order valence-corrected chi connectivity index (χ0v) is 13.1. The van der Waals surface area contributed by atoms with Crippen LogP contribution >= 0.6 is 22.6 Å². The topological polar surface area (TPSA) is 55.2 Å². The maximum atomic E-state index is 13.7. The summed E-state index contributed by atoms with van der Waals surface area (Å²) in [5.74, 6) is -0.445. The van der Waals surface area contributed by atoms with Crippen molar-refractivity contribution in [2.45, 2.75) is 18.9 Å². The van der Waals surface area contributed by atoms with E-state index in [1.54, 1.807) is 22.6 Å². The molecule has 0 unspecified atom stereocenters. The third-order valence-corrected chi connectivity index (χ3v) is 4.47. The first-order valence-electron chi connectivity index (χ1n) is 6.51. The molecule has 0 spiro atoms. The molecule has 0 bridgehead atoms. The molecule has 0 radical (unpaired) electrons. The van der Waals surface area contributed by atoms with Gasteiger partial charge in [0.2, 0.25) is 0 Å². The summed E-state index contributed by atoms with van der Waals surface area (Å²) in [6, 6.07) is 10.6. The van der Waals surface area contributed by atoms with E-state index in [2.05, 4.69) is 17.4 Å². The number of nitro groups is 1. The molecular formula is C15H12FIN2O2. The molecule has 4 nitrogen and oxygen atoms in total. The van der Waals surface area contributed by atoms with Crippen LogP contribution in [0, 0.1) is 19.5 Å². The zero-order chi connectivity index (χ0) is 15.0. The van der Waals surface area contributed by atoms with E-state index in [4.69, 9.17) is 0 Å². The number of fused-ring (bicyclic) bond motifs is 1. The molecule has 108 valence electrons. The fourth-order valence-corrected chi connectivity index (χ4v) is 3.13. The molecular weight excluding hydrogens is 386 g/mol. The first-order valence-corrected chi connectivity index (χ1v) is 7.59. The lowest BCUT2D eigenvalue weighted by Crippen LogP contribution is -2.20. The Morgan fingerprint density at radius 1 is 1.24 bits per heavy atom. The normalized spacial score (nSPS) is 14.0. The van der Waals surface area contributed by atoms with E-state index in [0.717, 1.165) is 12.8 Å². The van der Waals surface area contributed by atoms with Crippen LogP contribution in [-0.2, 0) is 12.8 Å². The number of benzene rings is 2. The number of nitrogens with zero attached hydrogens (tertiary/aromatic N) is 1. The van der Waals surface area contributed by atoms with Crippen molar-refractivity contribution in [1.29, 1.82) is 0 Å². The lowest BCUT2D eigenvalue weighted by atomic mass is 10.1. The molecule has 0 aliphatic heterocycles. The highest BCUT2D eigenvalue weighted by Crippen LogP contribution is 2.31. The minimum Gasteiger partial charge on any atom is -0.376 e. The van der Waals surface area contributed by atoms with E-state index in [9.17, 15) is 14.5 Å². The van der Waals surface area contributed by atoms with E-state index in [-0.39, 0.29) is 21.0 Å². The van der Waals surface area contributed by atoms with Gasteiger partial charge in [-0.15, -0.1) is 0 Å². The minimum atomic E-state index is -0.480. The highest BCUT2D eigenvalue weighted by molar-refractivity contribution is 14.1. The van der Waals surface area contributed by atoms with Crippen LogP contribution in [0.15, 0.2) is 36.4 Å². The Kier molecular flexibility index (Phi) is 3.79. The summed E-state index contributed by atoms with van der Waals surface area (Å²) >= 11 is 1.76. The van der Waals surface area contributed by atoms with Gasteiger partial charge in [-0.05, 0) is 46.6 Å². The van der Waals surface area contributed by atoms with Gasteiger partial charge in [0.25, 0.3) is 5.69 Å².